The molecule has 1 saturated carbocycles. The molecule has 26 heavy (non-hydrogen) atoms. The molecule has 0 radical (unpaired) electrons. The molecule has 1 aliphatic rings. The molecule has 1 aliphatic carbocycles. The van der Waals surface area contributed by atoms with Crippen molar-refractivity contribution in [1.29, 1.82) is 0 Å². The number of aromatic nitrogens is 4. The van der Waals surface area contributed by atoms with Gasteiger partial charge in [-0.15, -0.1) is 11.3 Å². The van der Waals surface area contributed by atoms with Crippen molar-refractivity contribution >= 4 is 22.4 Å². The number of nitrogens with zero attached hydrogens (tertiary/aromatic N) is 3. The molecule has 6 nitrogen and oxygen atoms in total. The highest BCUT2D eigenvalue weighted by atomic mass is 32.1. The molecule has 0 unspecified atom stereocenters. The van der Waals surface area contributed by atoms with Crippen LogP contribution in [0.25, 0.3) is 33.2 Å². The van der Waals surface area contributed by atoms with Crippen molar-refractivity contribution in [2.24, 2.45) is 0 Å². The van der Waals surface area contributed by atoms with E-state index in [1.165, 1.54) is 12.8 Å². The van der Waals surface area contributed by atoms with Gasteiger partial charge in [0.25, 0.3) is 5.89 Å². The summed E-state index contributed by atoms with van der Waals surface area (Å²) in [7, 11) is 0. The lowest BCUT2D eigenvalue weighted by molar-refractivity contribution is 0.433. The molecular weight excluding hydrogens is 348 g/mol. The fourth-order valence-corrected chi connectivity index (χ4v) is 4.67. The molecule has 1 N–H and O–H groups in total. The Morgan fingerprint density at radius 1 is 1.27 bits per heavy atom. The first-order chi connectivity index (χ1) is 12.7. The number of fused-ring (bicyclic) bond motifs is 1. The van der Waals surface area contributed by atoms with E-state index in [2.05, 4.69) is 15.1 Å². The van der Waals surface area contributed by atoms with Gasteiger partial charge in [0.15, 0.2) is 0 Å². The van der Waals surface area contributed by atoms with E-state index in [-0.39, 0.29) is 5.69 Å². The number of hydrogen-bond acceptors (Lipinski definition) is 5. The summed E-state index contributed by atoms with van der Waals surface area (Å²) < 4.78 is 7.34. The predicted octanol–water partition coefficient (Wildman–Crippen LogP) is 4.53. The molecule has 0 saturated heterocycles. The molecule has 0 spiro atoms. The van der Waals surface area contributed by atoms with Crippen LogP contribution in [0.15, 0.2) is 39.0 Å². The Labute approximate surface area is 153 Å². The molecule has 0 bridgehead atoms. The number of aryl methyl sites for hydroxylation is 1. The highest BCUT2D eigenvalue weighted by Crippen LogP contribution is 2.32. The summed E-state index contributed by atoms with van der Waals surface area (Å²) >= 11 is 1.59. The lowest BCUT2D eigenvalue weighted by Crippen LogP contribution is -2.20. The van der Waals surface area contributed by atoms with Crippen LogP contribution < -0.4 is 5.69 Å². The first kappa shape index (κ1) is 15.6. The number of imidazole rings is 1. The van der Waals surface area contributed by atoms with Gasteiger partial charge in [0.05, 0.1) is 15.9 Å². The van der Waals surface area contributed by atoms with Gasteiger partial charge in [-0.05, 0) is 55.0 Å². The molecule has 5 rings (SSSR count). The maximum absolute atomic E-state index is 12.4. The van der Waals surface area contributed by atoms with Crippen molar-refractivity contribution in [3.05, 3.63) is 45.7 Å². The average Bonchev–Trinajstić information content (AvgIpc) is 3.40. The zero-order valence-corrected chi connectivity index (χ0v) is 15.2. The highest BCUT2D eigenvalue weighted by molar-refractivity contribution is 7.13. The van der Waals surface area contributed by atoms with Gasteiger partial charge in [0, 0.05) is 11.6 Å². The third-order valence-corrected chi connectivity index (χ3v) is 6.15. The Morgan fingerprint density at radius 3 is 2.88 bits per heavy atom. The van der Waals surface area contributed by atoms with E-state index < -0.39 is 0 Å². The minimum absolute atomic E-state index is 0.0351. The lowest BCUT2D eigenvalue weighted by Gasteiger charge is -2.11. The second-order valence-corrected chi connectivity index (χ2v) is 7.74. The summed E-state index contributed by atoms with van der Waals surface area (Å²) in [5.41, 5.74) is 3.69. The van der Waals surface area contributed by atoms with Gasteiger partial charge in [-0.1, -0.05) is 18.0 Å². The summed E-state index contributed by atoms with van der Waals surface area (Å²) in [4.78, 5) is 20.9. The molecule has 1 aromatic carbocycles. The Bertz CT molecular complexity index is 1140. The van der Waals surface area contributed by atoms with Crippen LogP contribution in [0.3, 0.4) is 0 Å². The number of aromatic amines is 1. The van der Waals surface area contributed by atoms with Crippen LogP contribution in [-0.2, 0) is 0 Å². The molecular formula is C19H18N4O2S. The van der Waals surface area contributed by atoms with Crippen molar-refractivity contribution in [2.45, 2.75) is 38.6 Å². The molecule has 132 valence electrons. The van der Waals surface area contributed by atoms with Gasteiger partial charge in [-0.3, -0.25) is 4.57 Å². The summed E-state index contributed by atoms with van der Waals surface area (Å²) in [5.74, 6) is 1.06. The van der Waals surface area contributed by atoms with Crippen LogP contribution in [0.1, 0.15) is 37.3 Å². The third-order valence-electron chi connectivity index (χ3n) is 5.15. The predicted molar refractivity (Wildman–Crippen MR) is 101 cm³/mol. The summed E-state index contributed by atoms with van der Waals surface area (Å²) in [6.07, 6.45) is 4.53. The summed E-state index contributed by atoms with van der Waals surface area (Å²) in [6.45, 7) is 2.03. The van der Waals surface area contributed by atoms with Crippen LogP contribution in [0, 0.1) is 6.92 Å². The van der Waals surface area contributed by atoms with E-state index >= 15 is 0 Å². The van der Waals surface area contributed by atoms with Gasteiger partial charge in [0.2, 0.25) is 5.82 Å². The zero-order chi connectivity index (χ0) is 17.7. The van der Waals surface area contributed by atoms with E-state index in [4.69, 9.17) is 4.52 Å². The highest BCUT2D eigenvalue weighted by Gasteiger charge is 2.22. The van der Waals surface area contributed by atoms with Gasteiger partial charge >= 0.3 is 5.69 Å². The largest absolute Gasteiger partial charge is 0.333 e. The fraction of sp³-hybridized carbons (Fsp3) is 0.316. The van der Waals surface area contributed by atoms with Gasteiger partial charge in [-0.25, -0.2) is 4.79 Å². The number of benzene rings is 1. The monoisotopic (exact) mass is 366 g/mol. The van der Waals surface area contributed by atoms with Crippen molar-refractivity contribution in [3.63, 3.8) is 0 Å². The van der Waals surface area contributed by atoms with Crippen LogP contribution in [-0.4, -0.2) is 19.7 Å². The van der Waals surface area contributed by atoms with Gasteiger partial charge < -0.3 is 9.51 Å². The molecule has 0 amide bonds. The average molecular weight is 366 g/mol. The SMILES string of the molecule is Cc1ccsc1-c1nc(-c2ccc3c(c2)[nH]c(=O)n3C2CCCC2)no1. The molecule has 3 aromatic heterocycles. The number of nitrogens with one attached hydrogen (secondary N) is 1. The van der Waals surface area contributed by atoms with E-state index in [9.17, 15) is 4.79 Å². The van der Waals surface area contributed by atoms with E-state index in [0.717, 1.165) is 39.9 Å². The van der Waals surface area contributed by atoms with Crippen molar-refractivity contribution in [1.82, 2.24) is 19.7 Å². The Kier molecular flexibility index (Phi) is 3.56. The third kappa shape index (κ3) is 2.42. The van der Waals surface area contributed by atoms with Crippen LogP contribution in [0.5, 0.6) is 0 Å². The minimum Gasteiger partial charge on any atom is -0.333 e. The Hall–Kier alpha value is -2.67. The maximum Gasteiger partial charge on any atom is 0.326 e. The molecule has 3 heterocycles. The van der Waals surface area contributed by atoms with Gasteiger partial charge in [0.1, 0.15) is 0 Å². The second kappa shape index (κ2) is 5.95. The quantitative estimate of drug-likeness (QED) is 0.578. The number of H-pyrrole nitrogens is 1. The topological polar surface area (TPSA) is 76.7 Å². The Balaban J connectivity index is 1.55. The first-order valence-electron chi connectivity index (χ1n) is 8.83. The molecule has 1 fully saturated rings. The van der Waals surface area contributed by atoms with Crippen molar-refractivity contribution < 1.29 is 4.52 Å². The van der Waals surface area contributed by atoms with Crippen LogP contribution in [0.4, 0.5) is 0 Å². The fourth-order valence-electron chi connectivity index (χ4n) is 3.82. The van der Waals surface area contributed by atoms with Crippen LogP contribution >= 0.6 is 11.3 Å². The minimum atomic E-state index is -0.0351. The van der Waals surface area contributed by atoms with E-state index in [1.54, 1.807) is 11.3 Å². The van der Waals surface area contributed by atoms with Crippen LogP contribution in [0.2, 0.25) is 0 Å². The number of thiophene rings is 1. The molecule has 4 aromatic rings. The van der Waals surface area contributed by atoms with E-state index in [0.29, 0.717) is 17.8 Å². The zero-order valence-electron chi connectivity index (χ0n) is 14.4. The maximum atomic E-state index is 12.4. The summed E-state index contributed by atoms with van der Waals surface area (Å²) in [5, 5.41) is 6.13. The number of hydrogen-bond donors (Lipinski definition) is 1. The number of rotatable bonds is 3. The van der Waals surface area contributed by atoms with Crippen molar-refractivity contribution in [3.8, 4) is 22.2 Å². The lowest BCUT2D eigenvalue weighted by atomic mass is 10.1. The van der Waals surface area contributed by atoms with E-state index in [1.807, 2.05) is 41.1 Å². The molecule has 7 heteroatoms. The standard InChI is InChI=1S/C19H18N4O2S/c1-11-8-9-26-16(11)18-21-17(22-25-18)12-6-7-15-14(10-12)20-19(24)23(15)13-4-2-3-5-13/h6-10,13H,2-5H2,1H3,(H,20,24). The van der Waals surface area contributed by atoms with Gasteiger partial charge in [-0.2, -0.15) is 4.98 Å². The normalized spacial score (nSPS) is 15.3. The first-order valence-corrected chi connectivity index (χ1v) is 9.71. The van der Waals surface area contributed by atoms with Crippen molar-refractivity contribution in [2.75, 3.05) is 0 Å². The molecule has 0 aliphatic heterocycles. The Morgan fingerprint density at radius 2 is 2.12 bits per heavy atom. The summed E-state index contributed by atoms with van der Waals surface area (Å²) in [6, 6.07) is 8.20. The smallest absolute Gasteiger partial charge is 0.326 e. The second-order valence-electron chi connectivity index (χ2n) is 6.83. The molecule has 0 atom stereocenters.